The Bertz CT molecular complexity index is 492. The third kappa shape index (κ3) is 2.33. The Morgan fingerprint density at radius 3 is 2.83 bits per heavy atom. The smallest absolute Gasteiger partial charge is 0.303 e. The van der Waals surface area contributed by atoms with Crippen molar-refractivity contribution in [3.05, 3.63) is 33.3 Å². The van der Waals surface area contributed by atoms with Crippen molar-refractivity contribution < 1.29 is 9.90 Å². The second-order valence-corrected chi connectivity index (χ2v) is 6.44. The fourth-order valence-corrected chi connectivity index (χ4v) is 3.77. The zero-order valence-electron chi connectivity index (χ0n) is 10.3. The average Bonchev–Trinajstić information content (AvgIpc) is 3.04. The standard InChI is InChI=1S/C15H17BrO2/c16-11-6-10-2-1-3-12(10)14(7-11)13(8-15(17)18)9-4-5-9/h6-7,9,13H,1-5,8H2,(H,17,18). The van der Waals surface area contributed by atoms with Crippen molar-refractivity contribution in [3.63, 3.8) is 0 Å². The maximum absolute atomic E-state index is 11.1. The molecular weight excluding hydrogens is 292 g/mol. The molecule has 0 heterocycles. The van der Waals surface area contributed by atoms with Crippen molar-refractivity contribution in [3.8, 4) is 0 Å². The first kappa shape index (κ1) is 12.2. The zero-order valence-corrected chi connectivity index (χ0v) is 11.9. The van der Waals surface area contributed by atoms with Crippen LogP contribution in [-0.2, 0) is 17.6 Å². The minimum absolute atomic E-state index is 0.229. The summed E-state index contributed by atoms with van der Waals surface area (Å²) in [6.45, 7) is 0. The molecule has 3 rings (SSSR count). The van der Waals surface area contributed by atoms with Gasteiger partial charge in [-0.25, -0.2) is 0 Å². The number of fused-ring (bicyclic) bond motifs is 1. The molecule has 2 nitrogen and oxygen atoms in total. The Labute approximate surface area is 116 Å². The van der Waals surface area contributed by atoms with E-state index in [-0.39, 0.29) is 12.3 Å². The van der Waals surface area contributed by atoms with E-state index in [9.17, 15) is 4.79 Å². The van der Waals surface area contributed by atoms with Crippen LogP contribution in [0.2, 0.25) is 0 Å². The highest BCUT2D eigenvalue weighted by atomic mass is 79.9. The Morgan fingerprint density at radius 1 is 1.39 bits per heavy atom. The predicted octanol–water partition coefficient (Wildman–Crippen LogP) is 3.91. The lowest BCUT2D eigenvalue weighted by Gasteiger charge is -2.19. The molecule has 1 fully saturated rings. The molecule has 2 aliphatic rings. The fraction of sp³-hybridized carbons (Fsp3) is 0.533. The Kier molecular flexibility index (Phi) is 3.18. The third-order valence-electron chi connectivity index (χ3n) is 4.20. The minimum Gasteiger partial charge on any atom is -0.481 e. The summed E-state index contributed by atoms with van der Waals surface area (Å²) in [7, 11) is 0. The molecule has 1 N–H and O–H groups in total. The molecule has 1 aromatic rings. The number of benzene rings is 1. The quantitative estimate of drug-likeness (QED) is 0.915. The molecule has 0 saturated heterocycles. The van der Waals surface area contributed by atoms with Gasteiger partial charge in [0, 0.05) is 4.47 Å². The van der Waals surface area contributed by atoms with E-state index in [4.69, 9.17) is 5.11 Å². The highest BCUT2D eigenvalue weighted by molar-refractivity contribution is 9.10. The van der Waals surface area contributed by atoms with Gasteiger partial charge in [0.25, 0.3) is 0 Å². The number of rotatable bonds is 4. The number of carbonyl (C=O) groups is 1. The van der Waals surface area contributed by atoms with Crippen molar-refractivity contribution in [2.45, 2.75) is 44.4 Å². The van der Waals surface area contributed by atoms with Gasteiger partial charge in [0.15, 0.2) is 0 Å². The molecule has 18 heavy (non-hydrogen) atoms. The summed E-state index contributed by atoms with van der Waals surface area (Å²) in [5.74, 6) is 0.158. The molecule has 0 amide bonds. The lowest BCUT2D eigenvalue weighted by Crippen LogP contribution is -2.11. The van der Waals surface area contributed by atoms with E-state index in [1.807, 2.05) is 0 Å². The molecule has 0 spiro atoms. The molecule has 2 aliphatic carbocycles. The van der Waals surface area contributed by atoms with Gasteiger partial charge in [-0.1, -0.05) is 15.9 Å². The first-order valence-electron chi connectivity index (χ1n) is 6.68. The van der Waals surface area contributed by atoms with Gasteiger partial charge in [-0.15, -0.1) is 0 Å². The molecule has 0 aromatic heterocycles. The first-order chi connectivity index (χ1) is 8.65. The summed E-state index contributed by atoms with van der Waals surface area (Å²) in [6, 6.07) is 4.37. The van der Waals surface area contributed by atoms with E-state index in [1.54, 1.807) is 0 Å². The first-order valence-corrected chi connectivity index (χ1v) is 7.47. The van der Waals surface area contributed by atoms with Crippen LogP contribution >= 0.6 is 15.9 Å². The average molecular weight is 309 g/mol. The highest BCUT2D eigenvalue weighted by Crippen LogP contribution is 2.47. The highest BCUT2D eigenvalue weighted by Gasteiger charge is 2.35. The number of aliphatic carboxylic acids is 1. The number of carboxylic acid groups (broad SMARTS) is 1. The molecule has 0 radical (unpaired) electrons. The second kappa shape index (κ2) is 4.69. The second-order valence-electron chi connectivity index (χ2n) is 5.53. The van der Waals surface area contributed by atoms with Crippen molar-refractivity contribution >= 4 is 21.9 Å². The van der Waals surface area contributed by atoms with Gasteiger partial charge in [-0.3, -0.25) is 4.79 Å². The van der Waals surface area contributed by atoms with Crippen molar-refractivity contribution in [2.75, 3.05) is 0 Å². The van der Waals surface area contributed by atoms with E-state index < -0.39 is 5.97 Å². The lowest BCUT2D eigenvalue weighted by atomic mass is 9.86. The Hall–Kier alpha value is -0.830. The van der Waals surface area contributed by atoms with Gasteiger partial charge in [-0.2, -0.15) is 0 Å². The lowest BCUT2D eigenvalue weighted by molar-refractivity contribution is -0.137. The molecule has 96 valence electrons. The molecule has 1 atom stereocenters. The molecule has 0 bridgehead atoms. The molecule has 1 saturated carbocycles. The Morgan fingerprint density at radius 2 is 2.17 bits per heavy atom. The normalized spacial score (nSPS) is 19.6. The van der Waals surface area contributed by atoms with E-state index in [0.717, 1.165) is 17.3 Å². The third-order valence-corrected chi connectivity index (χ3v) is 4.66. The summed E-state index contributed by atoms with van der Waals surface area (Å²) in [6.07, 6.45) is 6.16. The van der Waals surface area contributed by atoms with Gasteiger partial charge in [0.2, 0.25) is 0 Å². The van der Waals surface area contributed by atoms with Crippen LogP contribution in [0.15, 0.2) is 16.6 Å². The van der Waals surface area contributed by atoms with Gasteiger partial charge >= 0.3 is 5.97 Å². The fourth-order valence-electron chi connectivity index (χ4n) is 3.25. The van der Waals surface area contributed by atoms with E-state index in [1.165, 1.54) is 36.0 Å². The molecular formula is C15H17BrO2. The van der Waals surface area contributed by atoms with Crippen molar-refractivity contribution in [2.24, 2.45) is 5.92 Å². The maximum atomic E-state index is 11.1. The molecule has 1 aromatic carbocycles. The van der Waals surface area contributed by atoms with E-state index >= 15 is 0 Å². The van der Waals surface area contributed by atoms with Crippen molar-refractivity contribution in [1.29, 1.82) is 0 Å². The number of aryl methyl sites for hydroxylation is 1. The SMILES string of the molecule is O=C(O)CC(c1cc(Br)cc2c1CCC2)C1CC1. The van der Waals surface area contributed by atoms with Crippen LogP contribution in [0.4, 0.5) is 0 Å². The molecule has 0 aliphatic heterocycles. The molecule has 1 unspecified atom stereocenters. The minimum atomic E-state index is -0.668. The number of halogens is 1. The summed E-state index contributed by atoms with van der Waals surface area (Å²) < 4.78 is 1.11. The maximum Gasteiger partial charge on any atom is 0.303 e. The monoisotopic (exact) mass is 308 g/mol. The zero-order chi connectivity index (χ0) is 12.7. The van der Waals surface area contributed by atoms with E-state index in [2.05, 4.69) is 28.1 Å². The number of hydrogen-bond acceptors (Lipinski definition) is 1. The topological polar surface area (TPSA) is 37.3 Å². The largest absolute Gasteiger partial charge is 0.481 e. The summed E-state index contributed by atoms with van der Waals surface area (Å²) in [5.41, 5.74) is 4.17. The number of hydrogen-bond donors (Lipinski definition) is 1. The van der Waals surface area contributed by atoms with Crippen LogP contribution in [-0.4, -0.2) is 11.1 Å². The van der Waals surface area contributed by atoms with Crippen LogP contribution in [0, 0.1) is 5.92 Å². The Balaban J connectivity index is 2.00. The van der Waals surface area contributed by atoms with Gasteiger partial charge < -0.3 is 5.11 Å². The predicted molar refractivity (Wildman–Crippen MR) is 73.9 cm³/mol. The van der Waals surface area contributed by atoms with E-state index in [0.29, 0.717) is 5.92 Å². The van der Waals surface area contributed by atoms with Crippen molar-refractivity contribution in [1.82, 2.24) is 0 Å². The van der Waals surface area contributed by atoms with Gasteiger partial charge in [0.1, 0.15) is 0 Å². The summed E-state index contributed by atoms with van der Waals surface area (Å²) in [5, 5.41) is 9.13. The van der Waals surface area contributed by atoms with Crippen LogP contribution in [0.3, 0.4) is 0 Å². The molecule has 3 heteroatoms. The van der Waals surface area contributed by atoms with Gasteiger partial charge in [0.05, 0.1) is 6.42 Å². The summed E-state index contributed by atoms with van der Waals surface area (Å²) >= 11 is 3.57. The summed E-state index contributed by atoms with van der Waals surface area (Å²) in [4.78, 5) is 11.1. The van der Waals surface area contributed by atoms with Crippen LogP contribution in [0.5, 0.6) is 0 Å². The van der Waals surface area contributed by atoms with Crippen LogP contribution in [0.1, 0.15) is 48.3 Å². The van der Waals surface area contributed by atoms with Crippen LogP contribution < -0.4 is 0 Å². The van der Waals surface area contributed by atoms with Crippen LogP contribution in [0.25, 0.3) is 0 Å². The van der Waals surface area contributed by atoms with Gasteiger partial charge in [-0.05, 0) is 72.8 Å². The number of carboxylic acids is 1.